The Hall–Kier alpha value is -0.340. The van der Waals surface area contributed by atoms with Crippen LogP contribution in [-0.4, -0.2) is 37.7 Å². The molecular formula is C43H90N2. The van der Waals surface area contributed by atoms with Gasteiger partial charge in [0.15, 0.2) is 0 Å². The van der Waals surface area contributed by atoms with Crippen molar-refractivity contribution in [2.45, 2.75) is 187 Å². The molecule has 4 aliphatic rings. The summed E-state index contributed by atoms with van der Waals surface area (Å²) in [5.41, 5.74) is 3.09. The first-order chi connectivity index (χ1) is 21.2. The van der Waals surface area contributed by atoms with Gasteiger partial charge >= 0.3 is 0 Å². The molecule has 4 rings (SSSR count). The lowest BCUT2D eigenvalue weighted by molar-refractivity contribution is -0.143. The first-order valence-corrected chi connectivity index (χ1v) is 20.3. The molecule has 2 nitrogen and oxygen atoms in total. The van der Waals surface area contributed by atoms with E-state index < -0.39 is 0 Å². The molecule has 0 spiro atoms. The predicted octanol–water partition coefficient (Wildman–Crippen LogP) is 14.0. The average Bonchev–Trinajstić information content (AvgIpc) is 3.37. The summed E-state index contributed by atoms with van der Waals surface area (Å²) < 4.78 is 0. The van der Waals surface area contributed by atoms with Crippen LogP contribution in [0.2, 0.25) is 0 Å². The summed E-state index contributed by atoms with van der Waals surface area (Å²) in [5.74, 6) is 5.82. The first kappa shape index (κ1) is 46.8. The summed E-state index contributed by atoms with van der Waals surface area (Å²) in [7, 11) is 6.65. The summed E-state index contributed by atoms with van der Waals surface area (Å²) >= 11 is 0. The van der Waals surface area contributed by atoms with Crippen molar-refractivity contribution >= 4 is 0 Å². The second-order valence-corrected chi connectivity index (χ2v) is 15.8. The third-order valence-electron chi connectivity index (χ3n) is 12.3. The summed E-state index contributed by atoms with van der Waals surface area (Å²) in [4.78, 5) is 0. The van der Waals surface area contributed by atoms with Gasteiger partial charge in [-0.05, 0) is 136 Å². The van der Waals surface area contributed by atoms with Gasteiger partial charge in [-0.1, -0.05) is 108 Å². The average molecular weight is 635 g/mol. The van der Waals surface area contributed by atoms with Crippen molar-refractivity contribution in [1.29, 1.82) is 0 Å². The first-order valence-electron chi connectivity index (χ1n) is 20.3. The summed E-state index contributed by atoms with van der Waals surface area (Å²) in [5, 5.41) is 4.70. The molecule has 0 N–H and O–H groups in total. The smallest absolute Gasteiger partial charge is 0.0158 e. The molecule has 0 aromatic rings. The lowest BCUT2D eigenvalue weighted by Gasteiger charge is -2.63. The lowest BCUT2D eigenvalue weighted by atomic mass is 9.41. The van der Waals surface area contributed by atoms with Gasteiger partial charge in [0.2, 0.25) is 0 Å². The quantitative estimate of drug-likeness (QED) is 0.203. The highest BCUT2D eigenvalue weighted by Crippen LogP contribution is 2.70. The van der Waals surface area contributed by atoms with Crippen LogP contribution in [0.1, 0.15) is 187 Å². The van der Waals surface area contributed by atoms with Crippen LogP contribution in [0.4, 0.5) is 0 Å². The van der Waals surface area contributed by atoms with E-state index in [0.717, 1.165) is 35.5 Å². The van der Waals surface area contributed by atoms with Crippen LogP contribution in [0.5, 0.6) is 0 Å². The monoisotopic (exact) mass is 635 g/mol. The van der Waals surface area contributed by atoms with Gasteiger partial charge in [0, 0.05) is 27.7 Å². The third-order valence-corrected chi connectivity index (χ3v) is 12.3. The van der Waals surface area contributed by atoms with E-state index in [4.69, 9.17) is 0 Å². The van der Waals surface area contributed by atoms with E-state index in [9.17, 15) is 0 Å². The summed E-state index contributed by atoms with van der Waals surface area (Å²) in [6.07, 6.45) is 19.3. The molecule has 0 amide bonds. The van der Waals surface area contributed by atoms with Crippen LogP contribution in [0.15, 0.2) is 12.2 Å². The Morgan fingerprint density at radius 1 is 0.778 bits per heavy atom. The zero-order valence-electron chi connectivity index (χ0n) is 35.0. The molecule has 9 atom stereocenters. The molecule has 45 heavy (non-hydrogen) atoms. The minimum absolute atomic E-state index is 0.598. The molecule has 2 heteroatoms. The zero-order valence-corrected chi connectivity index (χ0v) is 35.0. The molecule has 0 aliphatic heterocycles. The standard InChI is InChI=1S/C30H56N2.C4H8.C3H8.3C2H6/c1-9-16-28(4)18-19-30(10-2)23(20-28)11-12-24-26-14-13-25(22(3)21-32(8)31(6)7)29(26,5)17-15-27(24)30;1-4(2)3;1-3-2;3*1-2/h22-27H,9-21H2,1-8H3;1H2,2-3H3;3H2,1-2H3;3*1-2H3/t22-,23?,24?,25-,26?,27?,28+,29?,30?;;;;;/m1...../s1. The van der Waals surface area contributed by atoms with E-state index in [0.29, 0.717) is 16.2 Å². The lowest BCUT2D eigenvalue weighted by Crippen LogP contribution is -2.55. The highest BCUT2D eigenvalue weighted by molar-refractivity contribution is 5.11. The van der Waals surface area contributed by atoms with Crippen molar-refractivity contribution in [3.63, 3.8) is 0 Å². The normalized spacial score (nSPS) is 35.0. The fraction of sp³-hybridized carbons (Fsp3) is 0.953. The maximum Gasteiger partial charge on any atom is 0.0158 e. The second-order valence-electron chi connectivity index (χ2n) is 15.8. The topological polar surface area (TPSA) is 6.48 Å². The maximum absolute atomic E-state index is 3.56. The van der Waals surface area contributed by atoms with Gasteiger partial charge in [0.05, 0.1) is 0 Å². The van der Waals surface area contributed by atoms with Crippen LogP contribution in [-0.2, 0) is 0 Å². The van der Waals surface area contributed by atoms with Crippen molar-refractivity contribution in [3.8, 4) is 0 Å². The molecule has 0 aromatic carbocycles. The van der Waals surface area contributed by atoms with E-state index in [2.05, 4.69) is 86.2 Å². The Morgan fingerprint density at radius 2 is 1.31 bits per heavy atom. The van der Waals surface area contributed by atoms with Crippen LogP contribution in [0.3, 0.4) is 0 Å². The minimum atomic E-state index is 0.598. The SMILES string of the molecule is C=C(C)C.CC.CC.CC.CCC.CCC[C@@]1(C)CCC2(CC)C(CCC3C2CCC2(C)C3CC[C@@H]2[C@H](C)CN(C)N(C)C)C1. The van der Waals surface area contributed by atoms with Crippen LogP contribution >= 0.6 is 0 Å². The maximum atomic E-state index is 3.56. The number of nitrogens with zero attached hydrogens (tertiary/aromatic N) is 2. The van der Waals surface area contributed by atoms with Gasteiger partial charge in [-0.15, -0.1) is 6.58 Å². The summed E-state index contributed by atoms with van der Waals surface area (Å²) in [6.45, 7) is 37.9. The predicted molar refractivity (Wildman–Crippen MR) is 209 cm³/mol. The van der Waals surface area contributed by atoms with E-state index in [-0.39, 0.29) is 0 Å². The molecular weight excluding hydrogens is 544 g/mol. The van der Waals surface area contributed by atoms with Crippen molar-refractivity contribution in [2.24, 2.45) is 51.8 Å². The van der Waals surface area contributed by atoms with E-state index in [1.807, 2.05) is 55.4 Å². The van der Waals surface area contributed by atoms with Gasteiger partial charge in [-0.3, -0.25) is 0 Å². The zero-order chi connectivity index (χ0) is 35.6. The van der Waals surface area contributed by atoms with E-state index >= 15 is 0 Å². The Morgan fingerprint density at radius 3 is 1.78 bits per heavy atom. The molecule has 272 valence electrons. The molecule has 0 aromatic heterocycles. The largest absolute Gasteiger partial charge is 0.248 e. The second kappa shape index (κ2) is 23.1. The van der Waals surface area contributed by atoms with Crippen LogP contribution in [0, 0.1) is 51.8 Å². The minimum Gasteiger partial charge on any atom is -0.248 e. The fourth-order valence-electron chi connectivity index (χ4n) is 10.6. The van der Waals surface area contributed by atoms with Gasteiger partial charge in [0.25, 0.3) is 0 Å². The van der Waals surface area contributed by atoms with Gasteiger partial charge < -0.3 is 0 Å². The number of hydrogen-bond donors (Lipinski definition) is 0. The molecule has 4 saturated carbocycles. The number of allylic oxidation sites excluding steroid dienone is 1. The Balaban J connectivity index is 0. The van der Waals surface area contributed by atoms with E-state index in [1.54, 1.807) is 25.7 Å². The molecule has 4 fully saturated rings. The van der Waals surface area contributed by atoms with Gasteiger partial charge in [-0.2, -0.15) is 0 Å². The van der Waals surface area contributed by atoms with Gasteiger partial charge in [-0.25, -0.2) is 10.0 Å². The molecule has 0 heterocycles. The molecule has 6 unspecified atom stereocenters. The highest BCUT2D eigenvalue weighted by atomic mass is 15.6. The van der Waals surface area contributed by atoms with Crippen LogP contribution in [0.25, 0.3) is 0 Å². The number of rotatable bonds is 7. The van der Waals surface area contributed by atoms with E-state index in [1.165, 1.54) is 69.9 Å². The van der Waals surface area contributed by atoms with Crippen molar-refractivity contribution in [3.05, 3.63) is 12.2 Å². The summed E-state index contributed by atoms with van der Waals surface area (Å²) in [6, 6.07) is 0. The molecule has 0 radical (unpaired) electrons. The van der Waals surface area contributed by atoms with Crippen molar-refractivity contribution in [1.82, 2.24) is 10.0 Å². The fourth-order valence-corrected chi connectivity index (χ4v) is 10.6. The third kappa shape index (κ3) is 12.2. The molecule has 0 bridgehead atoms. The highest BCUT2D eigenvalue weighted by Gasteiger charge is 2.62. The Kier molecular flexibility index (Phi) is 24.0. The number of hydrogen-bond acceptors (Lipinski definition) is 2. The van der Waals surface area contributed by atoms with Crippen LogP contribution < -0.4 is 0 Å². The Bertz CT molecular complexity index is 740. The van der Waals surface area contributed by atoms with Gasteiger partial charge in [0.1, 0.15) is 0 Å². The number of hydrazine groups is 1. The van der Waals surface area contributed by atoms with Crippen molar-refractivity contribution < 1.29 is 0 Å². The Labute approximate surface area is 288 Å². The molecule has 0 saturated heterocycles. The van der Waals surface area contributed by atoms with Crippen molar-refractivity contribution in [2.75, 3.05) is 27.7 Å². The number of fused-ring (bicyclic) bond motifs is 5. The molecule has 4 aliphatic carbocycles.